The summed E-state index contributed by atoms with van der Waals surface area (Å²) in [7, 11) is -2.26. The highest BCUT2D eigenvalue weighted by molar-refractivity contribution is 7.89. The summed E-state index contributed by atoms with van der Waals surface area (Å²) in [5, 5.41) is 9.45. The molecular formula is C31H31NO6S. The first-order valence-corrected chi connectivity index (χ1v) is 14.1. The smallest absolute Gasteiger partial charge is 0.243 e. The van der Waals surface area contributed by atoms with E-state index in [1.807, 2.05) is 73.7 Å². The Labute approximate surface area is 229 Å². The van der Waals surface area contributed by atoms with E-state index < -0.39 is 16.1 Å². The second kappa shape index (κ2) is 11.4. The number of methoxy groups -OCH3 is 1. The first-order chi connectivity index (χ1) is 18.8. The van der Waals surface area contributed by atoms with Gasteiger partial charge in [0.25, 0.3) is 0 Å². The van der Waals surface area contributed by atoms with E-state index in [1.54, 1.807) is 31.4 Å². The predicted molar refractivity (Wildman–Crippen MR) is 149 cm³/mol. The molecule has 7 nitrogen and oxygen atoms in total. The quantitative estimate of drug-likeness (QED) is 0.316. The fourth-order valence-electron chi connectivity index (χ4n) is 4.62. The molecule has 0 unspecified atom stereocenters. The van der Waals surface area contributed by atoms with Crippen molar-refractivity contribution in [2.45, 2.75) is 37.4 Å². The predicted octanol–water partition coefficient (Wildman–Crippen LogP) is 5.48. The van der Waals surface area contributed by atoms with Crippen molar-refractivity contribution >= 4 is 10.0 Å². The van der Waals surface area contributed by atoms with Crippen LogP contribution in [-0.4, -0.2) is 37.6 Å². The van der Waals surface area contributed by atoms with Gasteiger partial charge in [-0.1, -0.05) is 48.0 Å². The Morgan fingerprint density at radius 1 is 0.923 bits per heavy atom. The molecule has 0 bridgehead atoms. The third-order valence-electron chi connectivity index (χ3n) is 6.83. The average molecular weight is 546 g/mol. The van der Waals surface area contributed by atoms with Gasteiger partial charge in [-0.05, 0) is 73.0 Å². The second-order valence-corrected chi connectivity index (χ2v) is 11.5. The van der Waals surface area contributed by atoms with Crippen molar-refractivity contribution in [2.24, 2.45) is 0 Å². The van der Waals surface area contributed by atoms with Gasteiger partial charge in [0.1, 0.15) is 36.2 Å². The van der Waals surface area contributed by atoms with Crippen molar-refractivity contribution in [3.8, 4) is 23.0 Å². The van der Waals surface area contributed by atoms with Crippen molar-refractivity contribution in [2.75, 3.05) is 13.7 Å². The molecular weight excluding hydrogens is 514 g/mol. The molecule has 1 heterocycles. The lowest BCUT2D eigenvalue weighted by Crippen LogP contribution is -2.43. The zero-order valence-corrected chi connectivity index (χ0v) is 22.7. The Morgan fingerprint density at radius 2 is 1.62 bits per heavy atom. The summed E-state index contributed by atoms with van der Waals surface area (Å²) in [6, 6.07) is 26.5. The minimum Gasteiger partial charge on any atom is -0.508 e. The summed E-state index contributed by atoms with van der Waals surface area (Å²) in [6.07, 6.45) is 0.458. The van der Waals surface area contributed by atoms with Crippen LogP contribution in [0.1, 0.15) is 22.3 Å². The molecule has 1 aliphatic rings. The molecule has 0 aliphatic carbocycles. The second-order valence-electron chi connectivity index (χ2n) is 9.57. The Hall–Kier alpha value is -4.01. The van der Waals surface area contributed by atoms with E-state index in [-0.39, 0.29) is 23.8 Å². The number of phenolic OH excluding ortho intramolecular Hbond substituents is 1. The van der Waals surface area contributed by atoms with Gasteiger partial charge in [0, 0.05) is 6.54 Å². The van der Waals surface area contributed by atoms with Gasteiger partial charge < -0.3 is 19.3 Å². The molecule has 0 amide bonds. The third-order valence-corrected chi connectivity index (χ3v) is 8.74. The number of phenols is 1. The molecule has 0 saturated heterocycles. The van der Waals surface area contributed by atoms with Gasteiger partial charge in [0.05, 0.1) is 23.6 Å². The summed E-state index contributed by atoms with van der Waals surface area (Å²) < 4.78 is 47.0. The molecule has 0 saturated carbocycles. The maximum atomic E-state index is 14.0. The van der Waals surface area contributed by atoms with Crippen LogP contribution in [0, 0.1) is 6.92 Å². The SMILES string of the molecule is COc1cccc2c1CN(S(=O)(=O)c1ccc(C)cc1)[C@@H](Cc1ccc(OCc3ccc(O)cc3)cc1)CO2. The molecule has 0 fully saturated rings. The average Bonchev–Trinajstić information content (AvgIpc) is 3.14. The van der Waals surface area contributed by atoms with Crippen LogP contribution in [0.4, 0.5) is 0 Å². The number of aromatic hydroxyl groups is 1. The molecule has 8 heteroatoms. The molecule has 1 atom stereocenters. The minimum atomic E-state index is -3.83. The number of nitrogens with zero attached hydrogens (tertiary/aromatic N) is 1. The molecule has 0 spiro atoms. The number of sulfonamides is 1. The summed E-state index contributed by atoms with van der Waals surface area (Å²) in [5.74, 6) is 2.13. The van der Waals surface area contributed by atoms with Crippen molar-refractivity contribution in [1.29, 1.82) is 0 Å². The lowest BCUT2D eigenvalue weighted by molar-refractivity contribution is 0.219. The van der Waals surface area contributed by atoms with Crippen LogP contribution in [0.3, 0.4) is 0 Å². The summed E-state index contributed by atoms with van der Waals surface area (Å²) in [5.41, 5.74) is 3.60. The van der Waals surface area contributed by atoms with E-state index in [1.165, 1.54) is 4.31 Å². The van der Waals surface area contributed by atoms with Crippen molar-refractivity contribution < 1.29 is 27.7 Å². The van der Waals surface area contributed by atoms with Crippen LogP contribution in [0.2, 0.25) is 0 Å². The number of hydrogen-bond donors (Lipinski definition) is 1. The highest BCUT2D eigenvalue weighted by atomic mass is 32.2. The van der Waals surface area contributed by atoms with Gasteiger partial charge in [0.2, 0.25) is 10.0 Å². The lowest BCUT2D eigenvalue weighted by atomic mass is 10.1. The monoisotopic (exact) mass is 545 g/mol. The maximum Gasteiger partial charge on any atom is 0.243 e. The van der Waals surface area contributed by atoms with Crippen LogP contribution in [0.15, 0.2) is 95.9 Å². The van der Waals surface area contributed by atoms with Crippen molar-refractivity contribution in [3.63, 3.8) is 0 Å². The van der Waals surface area contributed by atoms with E-state index in [0.29, 0.717) is 35.8 Å². The van der Waals surface area contributed by atoms with Crippen molar-refractivity contribution in [1.82, 2.24) is 4.31 Å². The number of hydrogen-bond acceptors (Lipinski definition) is 6. The van der Waals surface area contributed by atoms with Gasteiger partial charge in [-0.15, -0.1) is 0 Å². The van der Waals surface area contributed by atoms with Gasteiger partial charge in [-0.25, -0.2) is 8.42 Å². The first-order valence-electron chi connectivity index (χ1n) is 12.7. The van der Waals surface area contributed by atoms with Crippen LogP contribution < -0.4 is 14.2 Å². The normalized spacial score (nSPS) is 15.6. The van der Waals surface area contributed by atoms with Gasteiger partial charge >= 0.3 is 0 Å². The summed E-state index contributed by atoms with van der Waals surface area (Å²) in [4.78, 5) is 0.245. The van der Waals surface area contributed by atoms with E-state index in [4.69, 9.17) is 14.2 Å². The number of aryl methyl sites for hydroxylation is 1. The molecule has 0 radical (unpaired) electrons. The fourth-order valence-corrected chi connectivity index (χ4v) is 6.20. The summed E-state index contributed by atoms with van der Waals surface area (Å²) >= 11 is 0. The Morgan fingerprint density at radius 3 is 2.31 bits per heavy atom. The Balaban J connectivity index is 1.39. The van der Waals surface area contributed by atoms with Crippen LogP contribution in [-0.2, 0) is 29.6 Å². The minimum absolute atomic E-state index is 0.133. The molecule has 202 valence electrons. The van der Waals surface area contributed by atoms with Gasteiger partial charge in [-0.2, -0.15) is 4.31 Å². The highest BCUT2D eigenvalue weighted by Gasteiger charge is 2.36. The topological polar surface area (TPSA) is 85.3 Å². The van der Waals surface area contributed by atoms with Crippen LogP contribution >= 0.6 is 0 Å². The number of rotatable bonds is 8. The van der Waals surface area contributed by atoms with Gasteiger partial charge in [-0.3, -0.25) is 0 Å². The van der Waals surface area contributed by atoms with Crippen LogP contribution in [0.5, 0.6) is 23.0 Å². The fraction of sp³-hybridized carbons (Fsp3) is 0.226. The Kier molecular flexibility index (Phi) is 7.77. The summed E-state index contributed by atoms with van der Waals surface area (Å²) in [6.45, 7) is 2.63. The molecule has 1 aliphatic heterocycles. The molecule has 0 aromatic heterocycles. The molecule has 39 heavy (non-hydrogen) atoms. The largest absolute Gasteiger partial charge is 0.508 e. The molecule has 4 aromatic rings. The molecule has 4 aromatic carbocycles. The van der Waals surface area contributed by atoms with E-state index in [0.717, 1.165) is 16.7 Å². The lowest BCUT2D eigenvalue weighted by Gasteiger charge is -2.29. The van der Waals surface area contributed by atoms with Crippen molar-refractivity contribution in [3.05, 3.63) is 113 Å². The van der Waals surface area contributed by atoms with E-state index in [2.05, 4.69) is 0 Å². The maximum absolute atomic E-state index is 14.0. The number of fused-ring (bicyclic) bond motifs is 1. The van der Waals surface area contributed by atoms with E-state index >= 15 is 0 Å². The van der Waals surface area contributed by atoms with Gasteiger partial charge in [0.15, 0.2) is 0 Å². The number of benzene rings is 4. The van der Waals surface area contributed by atoms with Crippen LogP contribution in [0.25, 0.3) is 0 Å². The standard InChI is InChI=1S/C31H31NO6S/c1-22-6-16-28(17-7-22)39(34,35)32-19-29-30(36-2)4-3-5-31(29)38-21-25(32)18-23-10-14-27(15-11-23)37-20-24-8-12-26(33)13-9-24/h3-17,25,33H,18-21H2,1-2H3/t25-/m0/s1. The Bertz CT molecular complexity index is 1520. The van der Waals surface area contributed by atoms with E-state index in [9.17, 15) is 13.5 Å². The molecule has 5 rings (SSSR count). The number of ether oxygens (including phenoxy) is 3. The third kappa shape index (κ3) is 6.02. The zero-order chi connectivity index (χ0) is 27.4. The highest BCUT2D eigenvalue weighted by Crippen LogP contribution is 2.36. The molecule has 1 N–H and O–H groups in total. The zero-order valence-electron chi connectivity index (χ0n) is 21.9. The first kappa shape index (κ1) is 26.6.